The molecule has 0 spiro atoms. The van der Waals surface area contributed by atoms with Crippen LogP contribution in [0.25, 0.3) is 5.65 Å². The molecule has 4 nitrogen and oxygen atoms in total. The Balaban J connectivity index is 2.04. The van der Waals surface area contributed by atoms with Crippen LogP contribution in [-0.4, -0.2) is 27.6 Å². The fraction of sp³-hybridized carbons (Fsp3) is 0.500. The van der Waals surface area contributed by atoms with Crippen LogP contribution in [0.3, 0.4) is 0 Å². The molecule has 0 saturated heterocycles. The van der Waals surface area contributed by atoms with Crippen molar-refractivity contribution in [3.05, 3.63) is 30.1 Å². The van der Waals surface area contributed by atoms with E-state index >= 15 is 0 Å². The number of hydrogen-bond donors (Lipinski definition) is 1. The summed E-state index contributed by atoms with van der Waals surface area (Å²) in [6.07, 6.45) is 7.03. The van der Waals surface area contributed by atoms with Gasteiger partial charge in [0.2, 0.25) is 0 Å². The SMILES string of the molecule is CN(c1nc2ccccn2c1CO)C1CCCC1. The highest BCUT2D eigenvalue weighted by molar-refractivity contribution is 5.56. The van der Waals surface area contributed by atoms with E-state index in [0.717, 1.165) is 17.2 Å². The van der Waals surface area contributed by atoms with Crippen molar-refractivity contribution in [1.82, 2.24) is 9.38 Å². The highest BCUT2D eigenvalue weighted by Crippen LogP contribution is 2.29. The molecule has 2 aromatic heterocycles. The van der Waals surface area contributed by atoms with E-state index in [9.17, 15) is 5.11 Å². The van der Waals surface area contributed by atoms with Crippen LogP contribution in [0.2, 0.25) is 0 Å². The first-order valence-corrected chi connectivity index (χ1v) is 6.61. The Morgan fingerprint density at radius 3 is 2.89 bits per heavy atom. The molecule has 0 aromatic carbocycles. The molecule has 1 aliphatic carbocycles. The molecule has 1 fully saturated rings. The van der Waals surface area contributed by atoms with Crippen molar-refractivity contribution in [3.63, 3.8) is 0 Å². The van der Waals surface area contributed by atoms with E-state index in [1.807, 2.05) is 28.8 Å². The fourth-order valence-electron chi connectivity index (χ4n) is 2.93. The third-order valence-corrected chi connectivity index (χ3v) is 3.96. The molecular formula is C14H19N3O. The van der Waals surface area contributed by atoms with Crippen LogP contribution in [0.5, 0.6) is 0 Å². The number of hydrogen-bond acceptors (Lipinski definition) is 3. The van der Waals surface area contributed by atoms with Crippen molar-refractivity contribution < 1.29 is 5.11 Å². The summed E-state index contributed by atoms with van der Waals surface area (Å²) in [6, 6.07) is 6.49. The molecule has 1 saturated carbocycles. The normalized spacial score (nSPS) is 16.6. The first kappa shape index (κ1) is 11.5. The van der Waals surface area contributed by atoms with Gasteiger partial charge in [-0.25, -0.2) is 4.98 Å². The van der Waals surface area contributed by atoms with Gasteiger partial charge in [0.25, 0.3) is 0 Å². The van der Waals surface area contributed by atoms with Crippen LogP contribution in [0.1, 0.15) is 31.4 Å². The van der Waals surface area contributed by atoms with Crippen LogP contribution < -0.4 is 4.90 Å². The maximum Gasteiger partial charge on any atom is 0.153 e. The molecule has 18 heavy (non-hydrogen) atoms. The third-order valence-electron chi connectivity index (χ3n) is 3.96. The number of nitrogens with zero attached hydrogens (tertiary/aromatic N) is 3. The summed E-state index contributed by atoms with van der Waals surface area (Å²) in [6.45, 7) is 0.0254. The highest BCUT2D eigenvalue weighted by atomic mass is 16.3. The molecule has 96 valence electrons. The largest absolute Gasteiger partial charge is 0.390 e. The quantitative estimate of drug-likeness (QED) is 0.901. The summed E-state index contributed by atoms with van der Waals surface area (Å²) in [5.41, 5.74) is 1.79. The van der Waals surface area contributed by atoms with Gasteiger partial charge in [-0.3, -0.25) is 4.40 Å². The highest BCUT2D eigenvalue weighted by Gasteiger charge is 2.24. The Morgan fingerprint density at radius 2 is 2.17 bits per heavy atom. The smallest absolute Gasteiger partial charge is 0.153 e. The Morgan fingerprint density at radius 1 is 1.39 bits per heavy atom. The lowest BCUT2D eigenvalue weighted by Gasteiger charge is -2.25. The number of aromatic nitrogens is 2. The summed E-state index contributed by atoms with van der Waals surface area (Å²) in [4.78, 5) is 6.90. The van der Waals surface area contributed by atoms with Gasteiger partial charge in [0.05, 0.1) is 12.3 Å². The second kappa shape index (κ2) is 4.61. The van der Waals surface area contributed by atoms with Gasteiger partial charge in [-0.2, -0.15) is 0 Å². The Labute approximate surface area is 107 Å². The standard InChI is InChI=1S/C14H19N3O/c1-16(11-6-2-3-7-11)14-12(10-18)17-9-5-4-8-13(17)15-14/h4-5,8-9,11,18H,2-3,6-7,10H2,1H3. The molecule has 0 unspecified atom stereocenters. The fourth-order valence-corrected chi connectivity index (χ4v) is 2.93. The summed E-state index contributed by atoms with van der Waals surface area (Å²) < 4.78 is 1.97. The molecule has 0 radical (unpaired) electrons. The molecule has 0 amide bonds. The Bertz CT molecular complexity index is 543. The first-order chi connectivity index (χ1) is 8.81. The number of pyridine rings is 1. The van der Waals surface area contributed by atoms with Crippen LogP contribution in [0.15, 0.2) is 24.4 Å². The summed E-state index contributed by atoms with van der Waals surface area (Å²) in [5, 5.41) is 9.61. The minimum atomic E-state index is 0.0254. The molecule has 2 heterocycles. The van der Waals surface area contributed by atoms with Gasteiger partial charge >= 0.3 is 0 Å². The number of aliphatic hydroxyl groups excluding tert-OH is 1. The van der Waals surface area contributed by atoms with Crippen molar-refractivity contribution in [2.24, 2.45) is 0 Å². The summed E-state index contributed by atoms with van der Waals surface area (Å²) >= 11 is 0. The van der Waals surface area contributed by atoms with E-state index in [2.05, 4.69) is 16.9 Å². The molecular weight excluding hydrogens is 226 g/mol. The van der Waals surface area contributed by atoms with Crippen LogP contribution in [0.4, 0.5) is 5.82 Å². The lowest BCUT2D eigenvalue weighted by molar-refractivity contribution is 0.276. The predicted molar refractivity (Wildman–Crippen MR) is 71.8 cm³/mol. The third kappa shape index (κ3) is 1.77. The van der Waals surface area contributed by atoms with Crippen molar-refractivity contribution in [3.8, 4) is 0 Å². The maximum absolute atomic E-state index is 9.61. The lowest BCUT2D eigenvalue weighted by Crippen LogP contribution is -2.30. The number of rotatable bonds is 3. The average Bonchev–Trinajstić information content (AvgIpc) is 3.04. The van der Waals surface area contributed by atoms with Gasteiger partial charge in [-0.15, -0.1) is 0 Å². The van der Waals surface area contributed by atoms with Crippen LogP contribution in [0, 0.1) is 0 Å². The van der Waals surface area contributed by atoms with Crippen LogP contribution >= 0.6 is 0 Å². The second-order valence-corrected chi connectivity index (χ2v) is 5.02. The minimum absolute atomic E-state index is 0.0254. The van der Waals surface area contributed by atoms with E-state index in [-0.39, 0.29) is 6.61 Å². The van der Waals surface area contributed by atoms with Crippen molar-refractivity contribution in [2.45, 2.75) is 38.3 Å². The van der Waals surface area contributed by atoms with Gasteiger partial charge in [0.1, 0.15) is 5.65 Å². The predicted octanol–water partition coefficient (Wildman–Crippen LogP) is 2.21. The van der Waals surface area contributed by atoms with E-state index in [4.69, 9.17) is 0 Å². The van der Waals surface area contributed by atoms with E-state index in [1.165, 1.54) is 25.7 Å². The minimum Gasteiger partial charge on any atom is -0.390 e. The van der Waals surface area contributed by atoms with Crippen molar-refractivity contribution >= 4 is 11.5 Å². The molecule has 4 heteroatoms. The Hall–Kier alpha value is -1.55. The molecule has 0 atom stereocenters. The maximum atomic E-state index is 9.61. The molecule has 1 aliphatic rings. The Kier molecular flexibility index (Phi) is 2.96. The van der Waals surface area contributed by atoms with Gasteiger partial charge in [0, 0.05) is 19.3 Å². The van der Waals surface area contributed by atoms with E-state index in [0.29, 0.717) is 6.04 Å². The molecule has 1 N–H and O–H groups in total. The van der Waals surface area contributed by atoms with Gasteiger partial charge in [0.15, 0.2) is 5.82 Å². The van der Waals surface area contributed by atoms with Crippen molar-refractivity contribution in [2.75, 3.05) is 11.9 Å². The number of anilines is 1. The number of imidazole rings is 1. The first-order valence-electron chi connectivity index (χ1n) is 6.61. The molecule has 2 aromatic rings. The van der Waals surface area contributed by atoms with Gasteiger partial charge in [-0.1, -0.05) is 18.9 Å². The number of fused-ring (bicyclic) bond motifs is 1. The molecule has 0 aliphatic heterocycles. The van der Waals surface area contributed by atoms with Gasteiger partial charge < -0.3 is 10.0 Å². The summed E-state index contributed by atoms with van der Waals surface area (Å²) in [5.74, 6) is 0.926. The average molecular weight is 245 g/mol. The summed E-state index contributed by atoms with van der Waals surface area (Å²) in [7, 11) is 2.09. The second-order valence-electron chi connectivity index (χ2n) is 5.02. The zero-order chi connectivity index (χ0) is 12.5. The monoisotopic (exact) mass is 245 g/mol. The van der Waals surface area contributed by atoms with Crippen LogP contribution in [-0.2, 0) is 6.61 Å². The topological polar surface area (TPSA) is 40.8 Å². The van der Waals surface area contributed by atoms with Crippen molar-refractivity contribution in [1.29, 1.82) is 0 Å². The molecule has 3 rings (SSSR count). The van der Waals surface area contributed by atoms with E-state index < -0.39 is 0 Å². The zero-order valence-corrected chi connectivity index (χ0v) is 10.7. The zero-order valence-electron chi connectivity index (χ0n) is 10.7. The van der Waals surface area contributed by atoms with E-state index in [1.54, 1.807) is 0 Å². The molecule has 0 bridgehead atoms. The van der Waals surface area contributed by atoms with Gasteiger partial charge in [-0.05, 0) is 25.0 Å². The number of aliphatic hydroxyl groups is 1. The lowest BCUT2D eigenvalue weighted by atomic mass is 10.2.